The molecule has 2 bridgehead atoms. The number of piperidine rings is 1. The van der Waals surface area contributed by atoms with Gasteiger partial charge in [0.15, 0.2) is 13.4 Å². The molecule has 13 nitrogen and oxygen atoms in total. The quantitative estimate of drug-likeness (QED) is 0.119. The maximum atomic E-state index is 15.2. The lowest BCUT2D eigenvalue weighted by molar-refractivity contribution is -0.228. The Balaban J connectivity index is 1.44. The van der Waals surface area contributed by atoms with Crippen LogP contribution in [0.3, 0.4) is 0 Å². The second kappa shape index (κ2) is 15.4. The number of esters is 3. The third-order valence-electron chi connectivity index (χ3n) is 15.0. The normalized spacial score (nSPS) is 37.4. The Morgan fingerprint density at radius 1 is 0.950 bits per heavy atom. The summed E-state index contributed by atoms with van der Waals surface area (Å²) in [5, 5.41) is 25.2. The molecule has 1 radical (unpaired) electrons. The first-order valence-corrected chi connectivity index (χ1v) is 21.3. The van der Waals surface area contributed by atoms with E-state index in [2.05, 4.69) is 15.9 Å². The summed E-state index contributed by atoms with van der Waals surface area (Å²) in [5.74, 6) is -2.05. The van der Waals surface area contributed by atoms with Crippen molar-refractivity contribution in [1.82, 2.24) is 9.80 Å². The van der Waals surface area contributed by atoms with Crippen molar-refractivity contribution in [3.8, 4) is 5.75 Å². The van der Waals surface area contributed by atoms with E-state index in [0.29, 0.717) is 99.3 Å². The van der Waals surface area contributed by atoms with E-state index in [-0.39, 0.29) is 12.3 Å². The largest absolute Gasteiger partial charge is 0.496 e. The van der Waals surface area contributed by atoms with Crippen molar-refractivity contribution in [2.24, 2.45) is 11.3 Å². The van der Waals surface area contributed by atoms with Gasteiger partial charge in [0.25, 0.3) is 0 Å². The molecule has 5 heterocycles. The average molecular weight is 823 g/mol. The number of amides is 1. The molecule has 3 fully saturated rings. The van der Waals surface area contributed by atoms with Gasteiger partial charge < -0.3 is 34.1 Å². The molecule has 14 heteroatoms. The van der Waals surface area contributed by atoms with Crippen LogP contribution in [0.15, 0.2) is 66.2 Å². The fourth-order valence-corrected chi connectivity index (χ4v) is 12.8. The maximum absolute atomic E-state index is 15.2. The van der Waals surface area contributed by atoms with E-state index in [4.69, 9.17) is 18.9 Å². The van der Waals surface area contributed by atoms with Gasteiger partial charge in [-0.25, -0.2) is 4.79 Å². The van der Waals surface area contributed by atoms with Gasteiger partial charge >= 0.3 is 17.9 Å². The van der Waals surface area contributed by atoms with Crippen LogP contribution in [0.25, 0.3) is 0 Å². The van der Waals surface area contributed by atoms with Crippen molar-refractivity contribution >= 4 is 42.7 Å². The van der Waals surface area contributed by atoms with Crippen LogP contribution in [0.1, 0.15) is 70.4 Å². The zero-order valence-electron chi connectivity index (χ0n) is 35.5. The molecule has 60 heavy (non-hydrogen) atoms. The van der Waals surface area contributed by atoms with Gasteiger partial charge in [-0.1, -0.05) is 73.3 Å². The number of hydrogen-bond donors (Lipinski definition) is 2. The van der Waals surface area contributed by atoms with Crippen LogP contribution in [0.5, 0.6) is 5.75 Å². The van der Waals surface area contributed by atoms with Gasteiger partial charge in [0.1, 0.15) is 11.2 Å². The van der Waals surface area contributed by atoms with Gasteiger partial charge in [-0.2, -0.15) is 0 Å². The summed E-state index contributed by atoms with van der Waals surface area (Å²) >= 11 is 0. The van der Waals surface area contributed by atoms with E-state index in [1.165, 1.54) is 33.2 Å². The molecular weight excluding hydrogens is 765 g/mol. The molecule has 2 saturated heterocycles. The molecule has 319 valence electrons. The Hall–Kier alpha value is -4.50. The SMILES string of the molecule is CC[C@]1(O)C[C@H]2CN(CC/C=C(\[B]c3ccccc3)[C@@](C(=O)OC)(c3cc4c(cc3OC)N(C=O)[C@H]3[C@@](O)(C(=O)OC)[C@H](OC(C)=O)[C@]5(CC)C=CCN6CC[C@]43[C@@H]65)C2)C1. The summed E-state index contributed by atoms with van der Waals surface area (Å²) < 4.78 is 23.6. The number of carbonyl (C=O) groups is 4. The van der Waals surface area contributed by atoms with Crippen molar-refractivity contribution in [3.63, 3.8) is 0 Å². The number of anilines is 1. The highest BCUT2D eigenvalue weighted by Crippen LogP contribution is 2.68. The van der Waals surface area contributed by atoms with Gasteiger partial charge in [0.2, 0.25) is 12.0 Å². The Morgan fingerprint density at radius 3 is 2.35 bits per heavy atom. The lowest BCUT2D eigenvalue weighted by Gasteiger charge is -2.63. The Bertz CT molecular complexity index is 2120. The maximum Gasteiger partial charge on any atom is 0.344 e. The number of rotatable bonds is 10. The van der Waals surface area contributed by atoms with Gasteiger partial charge in [0.05, 0.1) is 38.7 Å². The third kappa shape index (κ3) is 5.95. The molecule has 8 rings (SSSR count). The van der Waals surface area contributed by atoms with E-state index in [0.717, 1.165) is 5.46 Å². The second-order valence-corrected chi connectivity index (χ2v) is 17.8. The number of nitrogens with zero attached hydrogens (tertiary/aromatic N) is 3. The number of aliphatic hydroxyl groups is 2. The lowest BCUT2D eigenvalue weighted by atomic mass is 9.47. The number of carbonyl (C=O) groups excluding carboxylic acids is 4. The molecule has 5 aliphatic heterocycles. The Labute approximate surface area is 352 Å². The topological polar surface area (TPSA) is 155 Å². The summed E-state index contributed by atoms with van der Waals surface area (Å²) in [5.41, 5.74) is -4.02. The van der Waals surface area contributed by atoms with Crippen LogP contribution in [0, 0.1) is 11.3 Å². The van der Waals surface area contributed by atoms with Crippen LogP contribution in [0.4, 0.5) is 5.69 Å². The Kier molecular flexibility index (Phi) is 10.9. The van der Waals surface area contributed by atoms with E-state index < -0.39 is 63.5 Å². The molecule has 1 spiro atoms. The molecule has 0 aromatic heterocycles. The predicted molar refractivity (Wildman–Crippen MR) is 224 cm³/mol. The number of fused-ring (bicyclic) bond motifs is 3. The van der Waals surface area contributed by atoms with Crippen LogP contribution in [-0.2, 0) is 44.2 Å². The van der Waals surface area contributed by atoms with Gasteiger partial charge in [0, 0.05) is 61.6 Å². The number of ether oxygens (including phenoxy) is 4. The van der Waals surface area contributed by atoms with E-state index in [9.17, 15) is 24.6 Å². The average Bonchev–Trinajstić information content (AvgIpc) is 3.79. The fraction of sp³-hybridized carbons (Fsp3) is 0.565. The fourth-order valence-electron chi connectivity index (χ4n) is 12.8. The third-order valence-corrected chi connectivity index (χ3v) is 15.0. The molecule has 6 aliphatic rings. The van der Waals surface area contributed by atoms with E-state index >= 15 is 4.79 Å². The van der Waals surface area contributed by atoms with Crippen LogP contribution in [0.2, 0.25) is 0 Å². The van der Waals surface area contributed by atoms with Crippen molar-refractivity contribution < 1.29 is 48.3 Å². The minimum atomic E-state index is -2.53. The highest BCUT2D eigenvalue weighted by atomic mass is 16.6. The van der Waals surface area contributed by atoms with Crippen LogP contribution < -0.4 is 15.1 Å². The molecule has 2 N–H and O–H groups in total. The minimum absolute atomic E-state index is 0.148. The van der Waals surface area contributed by atoms with Crippen molar-refractivity contribution in [1.29, 1.82) is 0 Å². The molecule has 1 saturated carbocycles. The van der Waals surface area contributed by atoms with Gasteiger partial charge in [-0.15, -0.1) is 0 Å². The smallest absolute Gasteiger partial charge is 0.344 e. The highest BCUT2D eigenvalue weighted by molar-refractivity contribution is 6.62. The first-order valence-electron chi connectivity index (χ1n) is 21.3. The Morgan fingerprint density at radius 2 is 1.70 bits per heavy atom. The summed E-state index contributed by atoms with van der Waals surface area (Å²) in [6.45, 7) is 8.18. The van der Waals surface area contributed by atoms with Gasteiger partial charge in [-0.3, -0.25) is 24.2 Å². The standard InChI is InChI=1S/C46H57BN3O10/c1-7-42(55)24-30-25-45(40(53)58-5,36(16-12-19-48(26-30)27-42)47-31-14-10-9-11-15-31)33-22-32-34(23-35(33)57-4)50(28-51)38-44(32)18-21-49-20-13-17-43(8-2,37(44)49)39(60-29(3)52)46(38,56)41(54)59-6/h9-11,13-17,22-23,28,30,37-39,55-56H,7-8,12,18-21,24-27H2,1-6H3/b36-16-/t30-,37+,38-,39-,42+,43-,44-,45+,46+/m1/s1. The number of benzene rings is 2. The summed E-state index contributed by atoms with van der Waals surface area (Å²) in [6, 6.07) is 11.8. The molecule has 2 aromatic carbocycles. The van der Waals surface area contributed by atoms with Crippen molar-refractivity contribution in [2.75, 3.05) is 59.0 Å². The van der Waals surface area contributed by atoms with Crippen molar-refractivity contribution in [3.05, 3.63) is 77.3 Å². The molecule has 1 unspecified atom stereocenters. The molecule has 1 amide bonds. The summed E-state index contributed by atoms with van der Waals surface area (Å²) in [6.07, 6.45) is 7.95. The molecule has 10 atom stereocenters. The highest BCUT2D eigenvalue weighted by Gasteiger charge is 2.81. The number of hydrogen-bond acceptors (Lipinski definition) is 12. The zero-order chi connectivity index (χ0) is 42.8. The van der Waals surface area contributed by atoms with Gasteiger partial charge in [-0.05, 0) is 62.6 Å². The minimum Gasteiger partial charge on any atom is -0.496 e. The van der Waals surface area contributed by atoms with E-state index in [1.54, 1.807) is 6.07 Å². The van der Waals surface area contributed by atoms with Crippen molar-refractivity contribution in [2.45, 2.75) is 99.5 Å². The van der Waals surface area contributed by atoms with Crippen LogP contribution >= 0.6 is 0 Å². The first-order chi connectivity index (χ1) is 28.8. The number of methoxy groups -OCH3 is 3. The zero-order valence-corrected chi connectivity index (χ0v) is 35.5. The molecule has 2 aromatic rings. The predicted octanol–water partition coefficient (Wildman–Crippen LogP) is 2.75. The summed E-state index contributed by atoms with van der Waals surface area (Å²) in [4.78, 5) is 62.3. The lowest BCUT2D eigenvalue weighted by Crippen LogP contribution is -2.81. The summed E-state index contributed by atoms with van der Waals surface area (Å²) in [7, 11) is 6.12. The monoisotopic (exact) mass is 822 g/mol. The molecule has 1 aliphatic carbocycles. The first kappa shape index (κ1) is 42.2. The molecular formula is C46H57BN3O10. The second-order valence-electron chi connectivity index (χ2n) is 17.8. The van der Waals surface area contributed by atoms with E-state index in [1.807, 2.05) is 69.7 Å². The van der Waals surface area contributed by atoms with Crippen LogP contribution in [-0.4, -0.2) is 135 Å².